The minimum Gasteiger partial charge on any atom is -0.303 e. The van der Waals surface area contributed by atoms with E-state index < -0.39 is 12.7 Å². The van der Waals surface area contributed by atoms with Gasteiger partial charge >= 0.3 is 6.18 Å². The molecular weight excluding hydrogens is 183 g/mol. The zero-order chi connectivity index (χ0) is 9.90. The third-order valence-corrected chi connectivity index (χ3v) is 2.23. The summed E-state index contributed by atoms with van der Waals surface area (Å²) in [6.45, 7) is -0.0928. The number of alkyl halides is 3. The van der Waals surface area contributed by atoms with Crippen LogP contribution in [0.2, 0.25) is 0 Å². The van der Waals surface area contributed by atoms with E-state index in [0.29, 0.717) is 25.9 Å². The fraction of sp³-hybridized carbons (Fsp3) is 0.875. The Morgan fingerprint density at radius 3 is 2.23 bits per heavy atom. The Hall–Kier alpha value is -0.580. The SMILES string of the molecule is O=CC1CCN(CC(F)(F)F)CC1. The summed E-state index contributed by atoms with van der Waals surface area (Å²) in [6.07, 6.45) is -2.17. The molecule has 0 radical (unpaired) electrons. The van der Waals surface area contributed by atoms with Crippen LogP contribution in [0.25, 0.3) is 0 Å². The highest BCUT2D eigenvalue weighted by Gasteiger charge is 2.32. The van der Waals surface area contributed by atoms with Crippen molar-refractivity contribution in [3.05, 3.63) is 0 Å². The van der Waals surface area contributed by atoms with Crippen LogP contribution in [0.3, 0.4) is 0 Å². The van der Waals surface area contributed by atoms with Crippen LogP contribution in [-0.2, 0) is 4.79 Å². The third-order valence-electron chi connectivity index (χ3n) is 2.23. The number of hydrogen-bond acceptors (Lipinski definition) is 2. The molecule has 0 atom stereocenters. The first-order valence-electron chi connectivity index (χ1n) is 4.25. The van der Waals surface area contributed by atoms with E-state index in [9.17, 15) is 18.0 Å². The van der Waals surface area contributed by atoms with Crippen LogP contribution in [0.4, 0.5) is 13.2 Å². The van der Waals surface area contributed by atoms with Gasteiger partial charge in [-0.05, 0) is 25.9 Å². The summed E-state index contributed by atoms with van der Waals surface area (Å²) in [5.74, 6) is -0.0375. The van der Waals surface area contributed by atoms with Crippen molar-refractivity contribution in [2.75, 3.05) is 19.6 Å². The topological polar surface area (TPSA) is 20.3 Å². The molecule has 1 fully saturated rings. The summed E-state index contributed by atoms with van der Waals surface area (Å²) in [6, 6.07) is 0. The van der Waals surface area contributed by atoms with E-state index in [1.165, 1.54) is 4.90 Å². The third kappa shape index (κ3) is 3.76. The molecule has 1 saturated heterocycles. The summed E-state index contributed by atoms with van der Waals surface area (Å²) < 4.78 is 35.7. The molecule has 0 unspecified atom stereocenters. The van der Waals surface area contributed by atoms with Gasteiger partial charge in [0.05, 0.1) is 6.54 Å². The average Bonchev–Trinajstić information content (AvgIpc) is 2.03. The molecule has 5 heteroatoms. The highest BCUT2D eigenvalue weighted by atomic mass is 19.4. The summed E-state index contributed by atoms with van der Waals surface area (Å²) >= 11 is 0. The molecule has 0 bridgehead atoms. The molecule has 0 amide bonds. The molecule has 0 aromatic heterocycles. The van der Waals surface area contributed by atoms with Crippen LogP contribution in [-0.4, -0.2) is 37.0 Å². The van der Waals surface area contributed by atoms with Crippen molar-refractivity contribution in [1.82, 2.24) is 4.90 Å². The van der Waals surface area contributed by atoms with Crippen molar-refractivity contribution in [3.63, 3.8) is 0 Å². The molecule has 2 nitrogen and oxygen atoms in total. The van der Waals surface area contributed by atoms with Gasteiger partial charge in [0, 0.05) is 5.92 Å². The lowest BCUT2D eigenvalue weighted by atomic mass is 9.99. The van der Waals surface area contributed by atoms with Gasteiger partial charge in [0.1, 0.15) is 6.29 Å². The molecule has 0 N–H and O–H groups in total. The lowest BCUT2D eigenvalue weighted by Crippen LogP contribution is -2.40. The second kappa shape index (κ2) is 4.09. The van der Waals surface area contributed by atoms with E-state index in [1.807, 2.05) is 0 Å². The van der Waals surface area contributed by atoms with E-state index in [4.69, 9.17) is 0 Å². The average molecular weight is 195 g/mol. The number of halogens is 3. The number of hydrogen-bond donors (Lipinski definition) is 0. The monoisotopic (exact) mass is 195 g/mol. The summed E-state index contributed by atoms with van der Waals surface area (Å²) in [7, 11) is 0. The second-order valence-electron chi connectivity index (χ2n) is 3.36. The molecule has 0 saturated carbocycles. The van der Waals surface area contributed by atoms with E-state index >= 15 is 0 Å². The molecule has 1 heterocycles. The zero-order valence-electron chi connectivity index (χ0n) is 7.18. The largest absolute Gasteiger partial charge is 0.401 e. The number of piperidine rings is 1. The highest BCUT2D eigenvalue weighted by Crippen LogP contribution is 2.21. The van der Waals surface area contributed by atoms with Crippen molar-refractivity contribution in [3.8, 4) is 0 Å². The van der Waals surface area contributed by atoms with Gasteiger partial charge in [-0.25, -0.2) is 0 Å². The first-order valence-corrected chi connectivity index (χ1v) is 4.25. The Bertz CT molecular complexity index is 173. The van der Waals surface area contributed by atoms with Gasteiger partial charge < -0.3 is 4.79 Å². The maximum Gasteiger partial charge on any atom is 0.401 e. The predicted molar refractivity (Wildman–Crippen MR) is 41.3 cm³/mol. The molecule has 1 rings (SSSR count). The van der Waals surface area contributed by atoms with Crippen LogP contribution < -0.4 is 0 Å². The maximum atomic E-state index is 11.9. The van der Waals surface area contributed by atoms with Gasteiger partial charge in [0.2, 0.25) is 0 Å². The summed E-state index contributed by atoms with van der Waals surface area (Å²) in [5.41, 5.74) is 0. The lowest BCUT2D eigenvalue weighted by Gasteiger charge is -2.29. The Labute approximate surface area is 74.7 Å². The first-order chi connectivity index (χ1) is 6.01. The van der Waals surface area contributed by atoms with Gasteiger partial charge in [0.25, 0.3) is 0 Å². The lowest BCUT2D eigenvalue weighted by molar-refractivity contribution is -0.148. The van der Waals surface area contributed by atoms with Crippen LogP contribution in [0.1, 0.15) is 12.8 Å². The molecule has 0 aromatic rings. The fourth-order valence-corrected chi connectivity index (χ4v) is 1.50. The molecule has 1 aliphatic rings. The van der Waals surface area contributed by atoms with Crippen molar-refractivity contribution >= 4 is 6.29 Å². The standard InChI is InChI=1S/C8H12F3NO/c9-8(10,11)6-12-3-1-7(5-13)2-4-12/h5,7H,1-4,6H2. The molecule has 13 heavy (non-hydrogen) atoms. The minimum absolute atomic E-state index is 0.0375. The molecule has 0 spiro atoms. The van der Waals surface area contributed by atoms with Crippen LogP contribution in [0, 0.1) is 5.92 Å². The maximum absolute atomic E-state index is 11.9. The first kappa shape index (κ1) is 10.5. The Balaban J connectivity index is 2.29. The Morgan fingerprint density at radius 1 is 1.31 bits per heavy atom. The highest BCUT2D eigenvalue weighted by molar-refractivity contribution is 5.53. The van der Waals surface area contributed by atoms with Crippen LogP contribution in [0.15, 0.2) is 0 Å². The van der Waals surface area contributed by atoms with Crippen LogP contribution >= 0.6 is 0 Å². The molecule has 1 aliphatic heterocycles. The molecular formula is C8H12F3NO. The number of rotatable bonds is 2. The number of carbonyl (C=O) groups is 1. The van der Waals surface area contributed by atoms with Gasteiger partial charge in [-0.15, -0.1) is 0 Å². The normalized spacial score (nSPS) is 21.8. The van der Waals surface area contributed by atoms with Gasteiger partial charge in [-0.3, -0.25) is 4.90 Å². The van der Waals surface area contributed by atoms with Gasteiger partial charge in [-0.2, -0.15) is 13.2 Å². The molecule has 0 aromatic carbocycles. The van der Waals surface area contributed by atoms with Crippen LogP contribution in [0.5, 0.6) is 0 Å². The predicted octanol–water partition coefficient (Wildman–Crippen LogP) is 1.46. The van der Waals surface area contributed by atoms with Crippen molar-refractivity contribution in [2.24, 2.45) is 5.92 Å². The quantitative estimate of drug-likeness (QED) is 0.622. The fourth-order valence-electron chi connectivity index (χ4n) is 1.50. The smallest absolute Gasteiger partial charge is 0.303 e. The number of nitrogens with zero attached hydrogens (tertiary/aromatic N) is 1. The Kier molecular flexibility index (Phi) is 3.30. The van der Waals surface area contributed by atoms with Gasteiger partial charge in [-0.1, -0.05) is 0 Å². The summed E-state index contributed by atoms with van der Waals surface area (Å²) in [5, 5.41) is 0. The summed E-state index contributed by atoms with van der Waals surface area (Å²) in [4.78, 5) is 11.7. The second-order valence-corrected chi connectivity index (χ2v) is 3.36. The number of aldehydes is 1. The van der Waals surface area contributed by atoms with Crippen molar-refractivity contribution < 1.29 is 18.0 Å². The van der Waals surface area contributed by atoms with E-state index in [-0.39, 0.29) is 5.92 Å². The van der Waals surface area contributed by atoms with E-state index in [2.05, 4.69) is 0 Å². The number of carbonyl (C=O) groups excluding carboxylic acids is 1. The van der Waals surface area contributed by atoms with Gasteiger partial charge in [0.15, 0.2) is 0 Å². The molecule has 0 aliphatic carbocycles. The molecule has 76 valence electrons. The van der Waals surface area contributed by atoms with Crippen molar-refractivity contribution in [1.29, 1.82) is 0 Å². The zero-order valence-corrected chi connectivity index (χ0v) is 7.18. The number of likely N-dealkylation sites (tertiary alicyclic amines) is 1. The van der Waals surface area contributed by atoms with E-state index in [1.54, 1.807) is 0 Å². The van der Waals surface area contributed by atoms with Crippen molar-refractivity contribution in [2.45, 2.75) is 19.0 Å². The Morgan fingerprint density at radius 2 is 1.85 bits per heavy atom. The minimum atomic E-state index is -4.12. The van der Waals surface area contributed by atoms with E-state index in [0.717, 1.165) is 6.29 Å².